The maximum absolute atomic E-state index is 12.5. The predicted molar refractivity (Wildman–Crippen MR) is 73.3 cm³/mol. The van der Waals surface area contributed by atoms with Gasteiger partial charge in [-0.2, -0.15) is 13.2 Å². The Balaban J connectivity index is 1.92. The summed E-state index contributed by atoms with van der Waals surface area (Å²) in [6.45, 7) is 0. The number of fused-ring (bicyclic) bond motifs is 1. The van der Waals surface area contributed by atoms with Crippen molar-refractivity contribution in [2.45, 2.75) is 6.18 Å². The van der Waals surface area contributed by atoms with Crippen LogP contribution >= 0.6 is 0 Å². The summed E-state index contributed by atoms with van der Waals surface area (Å²) in [7, 11) is 0. The van der Waals surface area contributed by atoms with Gasteiger partial charge in [-0.15, -0.1) is 0 Å². The largest absolute Gasteiger partial charge is 0.455 e. The van der Waals surface area contributed by atoms with Gasteiger partial charge in [0.05, 0.1) is 11.8 Å². The number of hydrogen-bond donors (Lipinski definition) is 0. The van der Waals surface area contributed by atoms with Gasteiger partial charge in [0.25, 0.3) is 0 Å². The van der Waals surface area contributed by atoms with Gasteiger partial charge in [-0.1, -0.05) is 24.3 Å². The number of hydrogen-bond acceptors (Lipinski definition) is 2. The Hall–Kier alpha value is -2.56. The number of alkyl halides is 3. The van der Waals surface area contributed by atoms with Crippen molar-refractivity contribution < 1.29 is 17.9 Å². The first-order chi connectivity index (χ1) is 10.0. The Morgan fingerprint density at radius 2 is 1.57 bits per heavy atom. The van der Waals surface area contributed by atoms with E-state index in [0.717, 1.165) is 22.9 Å². The fourth-order valence-electron chi connectivity index (χ4n) is 2.01. The number of aromatic nitrogens is 1. The fourth-order valence-corrected chi connectivity index (χ4v) is 2.01. The van der Waals surface area contributed by atoms with Gasteiger partial charge in [0, 0.05) is 17.0 Å². The summed E-state index contributed by atoms with van der Waals surface area (Å²) in [6.07, 6.45) is -1.10. The Kier molecular flexibility index (Phi) is 3.25. The van der Waals surface area contributed by atoms with Crippen molar-refractivity contribution in [2.24, 2.45) is 0 Å². The average Bonchev–Trinajstić information content (AvgIpc) is 2.47. The molecule has 3 rings (SSSR count). The van der Waals surface area contributed by atoms with Crippen LogP contribution in [0.25, 0.3) is 10.8 Å². The lowest BCUT2D eigenvalue weighted by Gasteiger charge is -2.10. The third-order valence-corrected chi connectivity index (χ3v) is 3.04. The molecule has 0 unspecified atom stereocenters. The number of pyridine rings is 1. The van der Waals surface area contributed by atoms with E-state index in [2.05, 4.69) is 4.98 Å². The SMILES string of the molecule is FC(F)(F)c1ccc(Oc2cncc3ccccc23)cc1. The Bertz CT molecular complexity index is 761. The van der Waals surface area contributed by atoms with Gasteiger partial charge in [-0.25, -0.2) is 0 Å². The number of ether oxygens (including phenoxy) is 1. The van der Waals surface area contributed by atoms with Crippen molar-refractivity contribution >= 4 is 10.8 Å². The normalized spacial score (nSPS) is 11.6. The van der Waals surface area contributed by atoms with Crippen LogP contribution in [0.1, 0.15) is 5.56 Å². The van der Waals surface area contributed by atoms with Gasteiger partial charge in [0.15, 0.2) is 5.75 Å². The minimum absolute atomic E-state index is 0.334. The molecular weight excluding hydrogens is 279 g/mol. The van der Waals surface area contributed by atoms with Crippen LogP contribution in [0.5, 0.6) is 11.5 Å². The van der Waals surface area contributed by atoms with Crippen LogP contribution < -0.4 is 4.74 Å². The smallest absolute Gasteiger partial charge is 0.416 e. The van der Waals surface area contributed by atoms with Crippen LogP contribution in [0.2, 0.25) is 0 Å². The molecule has 5 heteroatoms. The molecule has 0 amide bonds. The van der Waals surface area contributed by atoms with Crippen molar-refractivity contribution in [1.82, 2.24) is 4.98 Å². The highest BCUT2D eigenvalue weighted by molar-refractivity contribution is 5.87. The van der Waals surface area contributed by atoms with Gasteiger partial charge < -0.3 is 4.74 Å². The lowest BCUT2D eigenvalue weighted by molar-refractivity contribution is -0.137. The predicted octanol–water partition coefficient (Wildman–Crippen LogP) is 5.05. The lowest BCUT2D eigenvalue weighted by atomic mass is 10.1. The third-order valence-electron chi connectivity index (χ3n) is 3.04. The molecule has 0 fully saturated rings. The molecule has 0 aliphatic carbocycles. The molecule has 0 saturated carbocycles. The van der Waals surface area contributed by atoms with Gasteiger partial charge in [0.1, 0.15) is 5.75 Å². The van der Waals surface area contributed by atoms with Gasteiger partial charge in [-0.05, 0) is 24.3 Å². The van der Waals surface area contributed by atoms with E-state index in [1.807, 2.05) is 24.3 Å². The monoisotopic (exact) mass is 289 g/mol. The average molecular weight is 289 g/mol. The molecule has 2 nitrogen and oxygen atoms in total. The molecule has 3 aromatic rings. The minimum Gasteiger partial charge on any atom is -0.455 e. The van der Waals surface area contributed by atoms with E-state index < -0.39 is 11.7 Å². The summed E-state index contributed by atoms with van der Waals surface area (Å²) < 4.78 is 43.1. The van der Waals surface area contributed by atoms with Crippen molar-refractivity contribution in [3.05, 3.63) is 66.5 Å². The van der Waals surface area contributed by atoms with E-state index in [1.165, 1.54) is 12.1 Å². The zero-order valence-corrected chi connectivity index (χ0v) is 10.8. The third kappa shape index (κ3) is 2.81. The molecule has 0 N–H and O–H groups in total. The summed E-state index contributed by atoms with van der Waals surface area (Å²) in [4.78, 5) is 4.06. The van der Waals surface area contributed by atoms with E-state index in [4.69, 9.17) is 4.74 Å². The highest BCUT2D eigenvalue weighted by Crippen LogP contribution is 2.32. The lowest BCUT2D eigenvalue weighted by Crippen LogP contribution is -2.04. The van der Waals surface area contributed by atoms with Crippen molar-refractivity contribution in [3.63, 3.8) is 0 Å². The van der Waals surface area contributed by atoms with E-state index in [0.29, 0.717) is 11.5 Å². The van der Waals surface area contributed by atoms with Crippen LogP contribution in [-0.2, 0) is 6.18 Å². The first kappa shape index (κ1) is 13.4. The van der Waals surface area contributed by atoms with Crippen molar-refractivity contribution in [2.75, 3.05) is 0 Å². The first-order valence-corrected chi connectivity index (χ1v) is 6.22. The van der Waals surface area contributed by atoms with Crippen LogP contribution in [0, 0.1) is 0 Å². The fraction of sp³-hybridized carbons (Fsp3) is 0.0625. The quantitative estimate of drug-likeness (QED) is 0.659. The highest BCUT2D eigenvalue weighted by Gasteiger charge is 2.30. The molecule has 0 saturated heterocycles. The number of benzene rings is 2. The molecule has 0 atom stereocenters. The zero-order valence-electron chi connectivity index (χ0n) is 10.8. The van der Waals surface area contributed by atoms with E-state index in [9.17, 15) is 13.2 Å². The second-order valence-electron chi connectivity index (χ2n) is 4.48. The zero-order chi connectivity index (χ0) is 14.9. The Labute approximate surface area is 118 Å². The van der Waals surface area contributed by atoms with Crippen molar-refractivity contribution in [3.8, 4) is 11.5 Å². The Morgan fingerprint density at radius 3 is 2.29 bits per heavy atom. The van der Waals surface area contributed by atoms with Gasteiger partial charge >= 0.3 is 6.18 Å². The van der Waals surface area contributed by atoms with Crippen LogP contribution in [0.4, 0.5) is 13.2 Å². The first-order valence-electron chi connectivity index (χ1n) is 6.22. The molecule has 0 bridgehead atoms. The van der Waals surface area contributed by atoms with E-state index >= 15 is 0 Å². The molecule has 0 spiro atoms. The van der Waals surface area contributed by atoms with Crippen LogP contribution in [0.3, 0.4) is 0 Å². The molecular formula is C16H10F3NO. The molecule has 2 aromatic carbocycles. The topological polar surface area (TPSA) is 22.1 Å². The minimum atomic E-state index is -4.35. The van der Waals surface area contributed by atoms with Crippen LogP contribution in [0.15, 0.2) is 60.9 Å². The van der Waals surface area contributed by atoms with E-state index in [-0.39, 0.29) is 0 Å². The maximum Gasteiger partial charge on any atom is 0.416 e. The molecule has 106 valence electrons. The molecule has 1 heterocycles. The maximum atomic E-state index is 12.5. The van der Waals surface area contributed by atoms with Gasteiger partial charge in [0.2, 0.25) is 0 Å². The Morgan fingerprint density at radius 1 is 0.857 bits per heavy atom. The highest BCUT2D eigenvalue weighted by atomic mass is 19.4. The summed E-state index contributed by atoms with van der Waals surface area (Å²) in [5.74, 6) is 0.842. The van der Waals surface area contributed by atoms with Gasteiger partial charge in [-0.3, -0.25) is 4.98 Å². The van der Waals surface area contributed by atoms with Crippen LogP contribution in [-0.4, -0.2) is 4.98 Å². The molecule has 1 aromatic heterocycles. The molecule has 0 radical (unpaired) electrons. The summed E-state index contributed by atoms with van der Waals surface area (Å²) in [5, 5.41) is 1.76. The number of rotatable bonds is 2. The standard InChI is InChI=1S/C16H10F3NO/c17-16(18,19)12-5-7-13(8-6-12)21-15-10-20-9-11-3-1-2-4-14(11)15/h1-10H. The van der Waals surface area contributed by atoms with E-state index in [1.54, 1.807) is 12.4 Å². The number of nitrogens with zero attached hydrogens (tertiary/aromatic N) is 1. The summed E-state index contributed by atoms with van der Waals surface area (Å²) in [6, 6.07) is 12.1. The molecule has 0 aliphatic heterocycles. The second kappa shape index (κ2) is 5.09. The number of halogens is 3. The van der Waals surface area contributed by atoms with Crippen molar-refractivity contribution in [1.29, 1.82) is 0 Å². The molecule has 0 aliphatic rings. The molecule has 21 heavy (non-hydrogen) atoms. The second-order valence-corrected chi connectivity index (χ2v) is 4.48. The summed E-state index contributed by atoms with van der Waals surface area (Å²) in [5.41, 5.74) is -0.703. The summed E-state index contributed by atoms with van der Waals surface area (Å²) >= 11 is 0.